The lowest BCUT2D eigenvalue weighted by molar-refractivity contribution is 0.176. The third kappa shape index (κ3) is 3.80. The van der Waals surface area contributed by atoms with Gasteiger partial charge >= 0.3 is 6.03 Å². The number of para-hydroxylation sites is 2. The Kier molecular flexibility index (Phi) is 4.61. The van der Waals surface area contributed by atoms with Crippen LogP contribution in [0.5, 0.6) is 11.5 Å². The number of halogens is 2. The summed E-state index contributed by atoms with van der Waals surface area (Å²) in [4.78, 5) is 13.7. The highest BCUT2D eigenvalue weighted by Crippen LogP contribution is 2.30. The van der Waals surface area contributed by atoms with Gasteiger partial charge in [-0.25, -0.2) is 13.6 Å². The fraction of sp³-hybridized carbons (Fsp3) is 0.235. The van der Waals surface area contributed by atoms with E-state index in [0.717, 1.165) is 18.2 Å². The van der Waals surface area contributed by atoms with Crippen molar-refractivity contribution >= 4 is 11.7 Å². The van der Waals surface area contributed by atoms with E-state index >= 15 is 0 Å². The van der Waals surface area contributed by atoms with Crippen molar-refractivity contribution in [3.05, 3.63) is 54.1 Å². The number of hydrogen-bond donors (Lipinski definition) is 2. The van der Waals surface area contributed by atoms with Gasteiger partial charge in [0.1, 0.15) is 17.4 Å². The van der Waals surface area contributed by atoms with Crippen molar-refractivity contribution in [1.29, 1.82) is 0 Å². The van der Waals surface area contributed by atoms with E-state index in [-0.39, 0.29) is 24.1 Å². The van der Waals surface area contributed by atoms with E-state index in [1.54, 1.807) is 24.3 Å². The minimum atomic E-state index is -0.752. The Bertz CT molecular complexity index is 734. The first kappa shape index (κ1) is 16.2. The molecular weight excluding hydrogens is 318 g/mol. The Balaban J connectivity index is 1.76. The van der Waals surface area contributed by atoms with Crippen LogP contribution in [0.15, 0.2) is 42.5 Å². The van der Waals surface area contributed by atoms with Crippen LogP contribution >= 0.6 is 0 Å². The molecule has 0 bridgehead atoms. The maximum atomic E-state index is 13.3. The fourth-order valence-corrected chi connectivity index (χ4v) is 2.49. The van der Waals surface area contributed by atoms with Crippen LogP contribution in [0.3, 0.4) is 0 Å². The van der Waals surface area contributed by atoms with Crippen LogP contribution in [0.2, 0.25) is 0 Å². The number of carbonyl (C=O) groups excluding carboxylic acids is 1. The number of nitrogens with zero attached hydrogens (tertiary/aromatic N) is 1. The van der Waals surface area contributed by atoms with Crippen LogP contribution in [-0.4, -0.2) is 35.2 Å². The maximum Gasteiger partial charge on any atom is 0.322 e. The topological polar surface area (TPSA) is 61.8 Å². The molecule has 24 heavy (non-hydrogen) atoms. The van der Waals surface area contributed by atoms with E-state index in [2.05, 4.69) is 5.32 Å². The van der Waals surface area contributed by atoms with Crippen LogP contribution in [0.1, 0.15) is 6.42 Å². The molecule has 1 saturated heterocycles. The highest BCUT2D eigenvalue weighted by atomic mass is 19.1. The van der Waals surface area contributed by atoms with Gasteiger partial charge in [-0.1, -0.05) is 12.1 Å². The minimum absolute atomic E-state index is 0.00852. The van der Waals surface area contributed by atoms with Gasteiger partial charge in [-0.3, -0.25) is 0 Å². The molecule has 1 atom stereocenters. The molecule has 0 saturated carbocycles. The second-order valence-electron chi connectivity index (χ2n) is 5.52. The summed E-state index contributed by atoms with van der Waals surface area (Å²) in [5.41, 5.74) is 0.369. The molecule has 2 amide bonds. The largest absolute Gasteiger partial charge is 0.455 e. The van der Waals surface area contributed by atoms with E-state index in [0.29, 0.717) is 18.7 Å². The summed E-state index contributed by atoms with van der Waals surface area (Å²) in [5, 5.41) is 12.2. The molecule has 126 valence electrons. The molecular formula is C17H16F2N2O3. The van der Waals surface area contributed by atoms with E-state index in [9.17, 15) is 18.7 Å². The van der Waals surface area contributed by atoms with Crippen LogP contribution in [0.4, 0.5) is 19.3 Å². The van der Waals surface area contributed by atoms with E-state index in [1.165, 1.54) is 4.90 Å². The zero-order valence-corrected chi connectivity index (χ0v) is 12.7. The summed E-state index contributed by atoms with van der Waals surface area (Å²) in [6.45, 7) is 0.731. The zero-order chi connectivity index (χ0) is 17.1. The first-order valence-corrected chi connectivity index (χ1v) is 7.48. The first-order chi connectivity index (χ1) is 11.5. The van der Waals surface area contributed by atoms with E-state index in [1.807, 2.05) is 0 Å². The molecule has 1 aliphatic heterocycles. The lowest BCUT2D eigenvalue weighted by Crippen LogP contribution is -2.33. The monoisotopic (exact) mass is 334 g/mol. The molecule has 1 fully saturated rings. The number of likely N-dealkylation sites (tertiary alicyclic amines) is 1. The highest BCUT2D eigenvalue weighted by molar-refractivity contribution is 5.91. The second kappa shape index (κ2) is 6.84. The summed E-state index contributed by atoms with van der Waals surface area (Å²) in [5.74, 6) is -1.25. The smallest absolute Gasteiger partial charge is 0.322 e. The Hall–Kier alpha value is -2.67. The SMILES string of the molecule is O=C(Nc1ccccc1Oc1cc(F)cc(F)c1)N1CCC(O)C1. The predicted octanol–water partition coefficient (Wildman–Crippen LogP) is 3.36. The molecule has 1 heterocycles. The van der Waals surface area contributed by atoms with Crippen LogP contribution < -0.4 is 10.1 Å². The number of β-amino-alcohol motifs (C(OH)–C–C–N with tert-alkyl or cyclic N) is 1. The third-order valence-electron chi connectivity index (χ3n) is 3.64. The molecule has 0 aliphatic carbocycles. The lowest BCUT2D eigenvalue weighted by atomic mass is 10.3. The summed E-state index contributed by atoms with van der Waals surface area (Å²) < 4.78 is 32.0. The van der Waals surface area contributed by atoms with Gasteiger partial charge in [0.15, 0.2) is 5.75 Å². The van der Waals surface area contributed by atoms with Gasteiger partial charge < -0.3 is 20.1 Å². The second-order valence-corrected chi connectivity index (χ2v) is 5.52. The molecule has 0 aromatic heterocycles. The van der Waals surface area contributed by atoms with Gasteiger partial charge in [-0.15, -0.1) is 0 Å². The molecule has 2 aromatic carbocycles. The average Bonchev–Trinajstić information content (AvgIpc) is 2.95. The summed E-state index contributed by atoms with van der Waals surface area (Å²) in [6.07, 6.45) is 0.0197. The van der Waals surface area contributed by atoms with Gasteiger partial charge in [0.05, 0.1) is 11.8 Å². The normalized spacial score (nSPS) is 17.0. The number of ether oxygens (including phenoxy) is 1. The number of benzene rings is 2. The van der Waals surface area contributed by atoms with Gasteiger partial charge in [0.2, 0.25) is 0 Å². The Labute approximate surface area is 137 Å². The fourth-order valence-electron chi connectivity index (χ4n) is 2.49. The summed E-state index contributed by atoms with van der Waals surface area (Å²) in [6, 6.07) is 9.07. The molecule has 3 rings (SSSR count). The molecule has 0 spiro atoms. The van der Waals surface area contributed by atoms with E-state index < -0.39 is 17.7 Å². The molecule has 1 aliphatic rings. The number of hydrogen-bond acceptors (Lipinski definition) is 3. The van der Waals surface area contributed by atoms with Crippen LogP contribution in [0.25, 0.3) is 0 Å². The Morgan fingerprint density at radius 2 is 1.92 bits per heavy atom. The number of anilines is 1. The third-order valence-corrected chi connectivity index (χ3v) is 3.64. The van der Waals surface area contributed by atoms with Gasteiger partial charge in [-0.2, -0.15) is 0 Å². The number of urea groups is 1. The maximum absolute atomic E-state index is 13.3. The van der Waals surface area contributed by atoms with Gasteiger partial charge in [-0.05, 0) is 18.6 Å². The minimum Gasteiger partial charge on any atom is -0.455 e. The highest BCUT2D eigenvalue weighted by Gasteiger charge is 2.25. The van der Waals surface area contributed by atoms with Crippen molar-refractivity contribution in [3.8, 4) is 11.5 Å². The molecule has 2 N–H and O–H groups in total. The number of aliphatic hydroxyl groups is 1. The summed E-state index contributed by atoms with van der Waals surface area (Å²) in [7, 11) is 0. The number of amides is 2. The van der Waals surface area contributed by atoms with Gasteiger partial charge in [0, 0.05) is 31.3 Å². The molecule has 0 radical (unpaired) electrons. The van der Waals surface area contributed by atoms with Crippen molar-refractivity contribution in [2.24, 2.45) is 0 Å². The molecule has 1 unspecified atom stereocenters. The number of aliphatic hydroxyl groups excluding tert-OH is 1. The number of rotatable bonds is 3. The van der Waals surface area contributed by atoms with Crippen molar-refractivity contribution < 1.29 is 23.4 Å². The first-order valence-electron chi connectivity index (χ1n) is 7.48. The van der Waals surface area contributed by atoms with Crippen molar-refractivity contribution in [2.45, 2.75) is 12.5 Å². The standard InChI is InChI=1S/C17H16F2N2O3/c18-11-7-12(19)9-14(8-11)24-16-4-2-1-3-15(16)20-17(23)21-6-5-13(22)10-21/h1-4,7-9,13,22H,5-6,10H2,(H,20,23). The Morgan fingerprint density at radius 1 is 1.21 bits per heavy atom. The predicted molar refractivity (Wildman–Crippen MR) is 84.1 cm³/mol. The quantitative estimate of drug-likeness (QED) is 0.905. The number of nitrogens with one attached hydrogen (secondary N) is 1. The number of carbonyl (C=O) groups is 1. The van der Waals surface area contributed by atoms with Crippen LogP contribution in [0, 0.1) is 11.6 Å². The van der Waals surface area contributed by atoms with Crippen molar-refractivity contribution in [3.63, 3.8) is 0 Å². The lowest BCUT2D eigenvalue weighted by Gasteiger charge is -2.18. The molecule has 2 aromatic rings. The average molecular weight is 334 g/mol. The zero-order valence-electron chi connectivity index (χ0n) is 12.7. The van der Waals surface area contributed by atoms with Crippen molar-refractivity contribution in [2.75, 3.05) is 18.4 Å². The molecule has 7 heteroatoms. The van der Waals surface area contributed by atoms with Gasteiger partial charge in [0.25, 0.3) is 0 Å². The van der Waals surface area contributed by atoms with Crippen molar-refractivity contribution in [1.82, 2.24) is 4.90 Å². The summed E-state index contributed by atoms with van der Waals surface area (Å²) >= 11 is 0. The Morgan fingerprint density at radius 3 is 2.58 bits per heavy atom. The molecule has 5 nitrogen and oxygen atoms in total. The van der Waals surface area contributed by atoms with Crippen LogP contribution in [-0.2, 0) is 0 Å². The van der Waals surface area contributed by atoms with E-state index in [4.69, 9.17) is 4.74 Å².